The summed E-state index contributed by atoms with van der Waals surface area (Å²) in [5.74, 6) is 0.00528. The highest BCUT2D eigenvalue weighted by Gasteiger charge is 2.39. The zero-order valence-electron chi connectivity index (χ0n) is 16.4. The Kier molecular flexibility index (Phi) is 6.54. The van der Waals surface area contributed by atoms with Crippen LogP contribution in [0.1, 0.15) is 50.5 Å². The Bertz CT molecular complexity index is 726. The van der Waals surface area contributed by atoms with Crippen LogP contribution in [0.5, 0.6) is 5.75 Å². The first kappa shape index (κ1) is 20.6. The van der Waals surface area contributed by atoms with Crippen molar-refractivity contribution in [3.63, 3.8) is 0 Å². The van der Waals surface area contributed by atoms with Crippen molar-refractivity contribution in [3.05, 3.63) is 29.6 Å². The van der Waals surface area contributed by atoms with Gasteiger partial charge in [0.05, 0.1) is 19.8 Å². The quantitative estimate of drug-likeness (QED) is 0.746. The molecule has 2 N–H and O–H groups in total. The van der Waals surface area contributed by atoms with Gasteiger partial charge in [0, 0.05) is 31.0 Å². The Morgan fingerprint density at radius 1 is 1.43 bits per heavy atom. The van der Waals surface area contributed by atoms with E-state index in [1.807, 2.05) is 0 Å². The second kappa shape index (κ2) is 8.90. The fourth-order valence-corrected chi connectivity index (χ4v) is 4.35. The molecule has 0 radical (unpaired) electrons. The van der Waals surface area contributed by atoms with Gasteiger partial charge in [0.1, 0.15) is 11.6 Å². The van der Waals surface area contributed by atoms with E-state index in [-0.39, 0.29) is 36.7 Å². The van der Waals surface area contributed by atoms with Gasteiger partial charge in [-0.15, -0.1) is 0 Å². The summed E-state index contributed by atoms with van der Waals surface area (Å²) in [6, 6.07) is 4.60. The van der Waals surface area contributed by atoms with E-state index in [4.69, 9.17) is 4.74 Å². The molecule has 7 heteroatoms. The number of nitrogens with one attached hydrogen (secondary N) is 1. The lowest BCUT2D eigenvalue weighted by molar-refractivity contribution is -0.136. The molecule has 0 bridgehead atoms. The molecule has 2 saturated heterocycles. The molecular formula is C21H29FN2O4. The first-order valence-corrected chi connectivity index (χ1v) is 10.00. The number of aliphatic hydroxyl groups is 1. The van der Waals surface area contributed by atoms with Gasteiger partial charge in [0.25, 0.3) is 0 Å². The average Bonchev–Trinajstić information content (AvgIpc) is 3.08. The standard InChI is InChI=1S/C21H29FN2O4/c1-28-17-6-5-15(18(22)12-17)13-21(9-7-19(26)23-21)10-8-20(27)24-11-3-2-4-16(24)14-25/h5-6,12,16,25H,2-4,7-11,13-14H2,1H3,(H,23,26)/t16-,21-/m1/s1. The second-order valence-electron chi connectivity index (χ2n) is 7.88. The van der Waals surface area contributed by atoms with E-state index in [2.05, 4.69) is 5.32 Å². The Morgan fingerprint density at radius 2 is 2.25 bits per heavy atom. The molecule has 3 rings (SSSR count). The minimum atomic E-state index is -0.618. The van der Waals surface area contributed by atoms with E-state index >= 15 is 0 Å². The van der Waals surface area contributed by atoms with Crippen LogP contribution < -0.4 is 10.1 Å². The van der Waals surface area contributed by atoms with E-state index in [0.717, 1.165) is 19.3 Å². The van der Waals surface area contributed by atoms with E-state index < -0.39 is 5.54 Å². The van der Waals surface area contributed by atoms with Gasteiger partial charge < -0.3 is 20.1 Å². The minimum Gasteiger partial charge on any atom is -0.497 e. The molecule has 0 unspecified atom stereocenters. The number of methoxy groups -OCH3 is 1. The molecule has 2 fully saturated rings. The Hall–Kier alpha value is -2.15. The lowest BCUT2D eigenvalue weighted by Gasteiger charge is -2.36. The second-order valence-corrected chi connectivity index (χ2v) is 7.88. The number of rotatable bonds is 7. The van der Waals surface area contributed by atoms with E-state index in [9.17, 15) is 19.1 Å². The van der Waals surface area contributed by atoms with E-state index in [1.54, 1.807) is 17.0 Å². The fraction of sp³-hybridized carbons (Fsp3) is 0.619. The summed E-state index contributed by atoms with van der Waals surface area (Å²) in [6.45, 7) is 0.640. The number of amides is 2. The van der Waals surface area contributed by atoms with Crippen LogP contribution in [0.2, 0.25) is 0 Å². The molecule has 154 valence electrons. The third-order valence-corrected chi connectivity index (χ3v) is 6.00. The summed E-state index contributed by atoms with van der Waals surface area (Å²) in [5.41, 5.74) is -0.117. The molecule has 2 heterocycles. The van der Waals surface area contributed by atoms with Crippen LogP contribution in [-0.2, 0) is 16.0 Å². The zero-order valence-corrected chi connectivity index (χ0v) is 16.4. The van der Waals surface area contributed by atoms with Crippen molar-refractivity contribution in [1.29, 1.82) is 0 Å². The van der Waals surface area contributed by atoms with Crippen LogP contribution >= 0.6 is 0 Å². The number of carbonyl (C=O) groups is 2. The molecule has 2 aliphatic heterocycles. The number of carbonyl (C=O) groups excluding carboxylic acids is 2. The molecule has 6 nitrogen and oxygen atoms in total. The van der Waals surface area contributed by atoms with Crippen LogP contribution in [0, 0.1) is 5.82 Å². The van der Waals surface area contributed by atoms with Crippen LogP contribution in [0.25, 0.3) is 0 Å². The molecule has 2 aliphatic rings. The summed E-state index contributed by atoms with van der Waals surface area (Å²) in [5, 5.41) is 12.5. The smallest absolute Gasteiger partial charge is 0.222 e. The van der Waals surface area contributed by atoms with Crippen molar-refractivity contribution in [2.45, 2.75) is 62.9 Å². The number of nitrogens with zero attached hydrogens (tertiary/aromatic N) is 1. The Balaban J connectivity index is 1.70. The average molecular weight is 392 g/mol. The molecule has 28 heavy (non-hydrogen) atoms. The number of ether oxygens (including phenoxy) is 1. The summed E-state index contributed by atoms with van der Waals surface area (Å²) in [6.07, 6.45) is 4.81. The van der Waals surface area contributed by atoms with Crippen LogP contribution in [-0.4, -0.2) is 53.7 Å². The molecule has 0 saturated carbocycles. The molecule has 0 aromatic heterocycles. The van der Waals surface area contributed by atoms with Gasteiger partial charge >= 0.3 is 0 Å². The molecule has 2 amide bonds. The van der Waals surface area contributed by atoms with Crippen LogP contribution in [0.3, 0.4) is 0 Å². The largest absolute Gasteiger partial charge is 0.497 e. The predicted molar refractivity (Wildman–Crippen MR) is 102 cm³/mol. The molecular weight excluding hydrogens is 363 g/mol. The van der Waals surface area contributed by atoms with E-state index in [1.165, 1.54) is 13.2 Å². The normalized spacial score (nSPS) is 24.9. The fourth-order valence-electron chi connectivity index (χ4n) is 4.35. The highest BCUT2D eigenvalue weighted by molar-refractivity contribution is 5.80. The lowest BCUT2D eigenvalue weighted by Crippen LogP contribution is -2.48. The lowest BCUT2D eigenvalue weighted by atomic mass is 9.84. The molecule has 0 spiro atoms. The van der Waals surface area contributed by atoms with Crippen molar-refractivity contribution in [2.24, 2.45) is 0 Å². The number of piperidine rings is 1. The number of hydrogen-bond donors (Lipinski definition) is 2. The molecule has 0 aliphatic carbocycles. The van der Waals surface area contributed by atoms with Gasteiger partial charge in [-0.25, -0.2) is 4.39 Å². The maximum Gasteiger partial charge on any atom is 0.222 e. The van der Waals surface area contributed by atoms with Crippen molar-refractivity contribution >= 4 is 11.8 Å². The summed E-state index contributed by atoms with van der Waals surface area (Å²) < 4.78 is 19.5. The highest BCUT2D eigenvalue weighted by Crippen LogP contribution is 2.32. The first-order chi connectivity index (χ1) is 13.5. The number of hydrogen-bond acceptors (Lipinski definition) is 4. The van der Waals surface area contributed by atoms with Gasteiger partial charge in [0.2, 0.25) is 11.8 Å². The number of aliphatic hydroxyl groups excluding tert-OH is 1. The Morgan fingerprint density at radius 3 is 2.89 bits per heavy atom. The molecule has 1 aromatic carbocycles. The number of halogens is 1. The van der Waals surface area contributed by atoms with Gasteiger partial charge in [-0.2, -0.15) is 0 Å². The van der Waals surface area contributed by atoms with Gasteiger partial charge in [-0.1, -0.05) is 6.07 Å². The maximum atomic E-state index is 14.4. The number of benzene rings is 1. The summed E-state index contributed by atoms with van der Waals surface area (Å²) in [4.78, 5) is 26.5. The van der Waals surface area contributed by atoms with Gasteiger partial charge in [-0.3, -0.25) is 9.59 Å². The van der Waals surface area contributed by atoms with Crippen molar-refractivity contribution < 1.29 is 23.8 Å². The van der Waals surface area contributed by atoms with E-state index in [0.29, 0.717) is 43.5 Å². The summed E-state index contributed by atoms with van der Waals surface area (Å²) >= 11 is 0. The monoisotopic (exact) mass is 392 g/mol. The Labute approximate surface area is 165 Å². The molecule has 2 atom stereocenters. The summed E-state index contributed by atoms with van der Waals surface area (Å²) in [7, 11) is 1.49. The molecule has 1 aromatic rings. The maximum absolute atomic E-state index is 14.4. The first-order valence-electron chi connectivity index (χ1n) is 10.00. The SMILES string of the molecule is COc1ccc(C[C@]2(CCC(=O)N3CCCC[C@@H]3CO)CCC(=O)N2)c(F)c1. The van der Waals surface area contributed by atoms with Crippen molar-refractivity contribution in [2.75, 3.05) is 20.3 Å². The minimum absolute atomic E-state index is 0.00511. The van der Waals surface area contributed by atoms with Crippen molar-refractivity contribution in [3.8, 4) is 5.75 Å². The highest BCUT2D eigenvalue weighted by atomic mass is 19.1. The number of likely N-dealkylation sites (tertiary alicyclic amines) is 1. The van der Waals surface area contributed by atoms with Crippen LogP contribution in [0.4, 0.5) is 4.39 Å². The zero-order chi connectivity index (χ0) is 20.1. The topological polar surface area (TPSA) is 78.9 Å². The van der Waals surface area contributed by atoms with Gasteiger partial charge in [-0.05, 0) is 50.2 Å². The van der Waals surface area contributed by atoms with Crippen LogP contribution in [0.15, 0.2) is 18.2 Å². The van der Waals surface area contributed by atoms with Gasteiger partial charge in [0.15, 0.2) is 0 Å². The predicted octanol–water partition coefficient (Wildman–Crippen LogP) is 2.18. The third kappa shape index (κ3) is 4.63. The third-order valence-electron chi connectivity index (χ3n) is 6.00. The van der Waals surface area contributed by atoms with Crippen molar-refractivity contribution in [1.82, 2.24) is 10.2 Å².